The van der Waals surface area contributed by atoms with Crippen LogP contribution in [0.25, 0.3) is 0 Å². The normalized spacial score (nSPS) is 12.6. The van der Waals surface area contributed by atoms with Gasteiger partial charge in [0.25, 0.3) is 0 Å². The first-order valence-corrected chi connectivity index (χ1v) is 13.7. The van der Waals surface area contributed by atoms with Crippen molar-refractivity contribution in [2.45, 2.75) is 161 Å². The Balaban J connectivity index is 3.08. The molecule has 0 aromatic carbocycles. The summed E-state index contributed by atoms with van der Waals surface area (Å²) >= 11 is 0. The number of unbranched alkanes of at least 4 members (excludes halogenated alkanes) is 18. The first-order valence-electron chi connectivity index (χ1n) is 13.7. The van der Waals surface area contributed by atoms with E-state index in [4.69, 9.17) is 5.11 Å². The highest BCUT2D eigenvalue weighted by Crippen LogP contribution is 2.15. The molecule has 0 unspecified atom stereocenters. The molecule has 0 fully saturated rings. The highest BCUT2D eigenvalue weighted by Gasteiger charge is 2.00. The summed E-state index contributed by atoms with van der Waals surface area (Å²) in [7, 11) is 0. The van der Waals surface area contributed by atoms with Crippen LogP contribution in [0.1, 0.15) is 155 Å². The molecule has 0 aromatic rings. The van der Waals surface area contributed by atoms with Crippen LogP contribution in [0.3, 0.4) is 0 Å². The fourth-order valence-electron chi connectivity index (χ4n) is 4.10. The van der Waals surface area contributed by atoms with Crippen molar-refractivity contribution in [3.8, 4) is 0 Å². The molecule has 1 atom stereocenters. The molecule has 0 saturated heterocycles. The summed E-state index contributed by atoms with van der Waals surface area (Å²) < 4.78 is 0. The second kappa shape index (κ2) is 25.4. The van der Waals surface area contributed by atoms with E-state index in [1.807, 2.05) is 0 Å². The second-order valence-corrected chi connectivity index (χ2v) is 9.41. The summed E-state index contributed by atoms with van der Waals surface area (Å²) in [6, 6.07) is 0. The van der Waals surface area contributed by atoms with Gasteiger partial charge in [-0.2, -0.15) is 0 Å². The molecule has 0 amide bonds. The van der Waals surface area contributed by atoms with Gasteiger partial charge < -0.3 is 10.2 Å². The molecule has 3 nitrogen and oxygen atoms in total. The molecule has 0 aliphatic carbocycles. The van der Waals surface area contributed by atoms with Crippen molar-refractivity contribution in [2.75, 3.05) is 0 Å². The highest BCUT2D eigenvalue weighted by atomic mass is 16.4. The lowest BCUT2D eigenvalue weighted by Gasteiger charge is -2.06. The first-order chi connectivity index (χ1) is 15.2. The van der Waals surface area contributed by atoms with Gasteiger partial charge in [0.1, 0.15) is 0 Å². The molecule has 0 aromatic heterocycles. The van der Waals surface area contributed by atoms with Crippen molar-refractivity contribution < 1.29 is 15.0 Å². The number of aliphatic hydroxyl groups is 1. The number of rotatable bonds is 25. The van der Waals surface area contributed by atoms with Gasteiger partial charge in [-0.15, -0.1) is 0 Å². The van der Waals surface area contributed by atoms with E-state index in [-0.39, 0.29) is 12.5 Å². The summed E-state index contributed by atoms with van der Waals surface area (Å²) in [6.07, 6.45) is 32.6. The predicted octanol–water partition coefficient (Wildman–Crippen LogP) is 8.98. The van der Waals surface area contributed by atoms with Crippen LogP contribution in [0.4, 0.5) is 0 Å². The van der Waals surface area contributed by atoms with E-state index in [9.17, 15) is 9.90 Å². The van der Waals surface area contributed by atoms with Crippen molar-refractivity contribution in [3.05, 3.63) is 12.2 Å². The molecule has 0 rings (SSSR count). The van der Waals surface area contributed by atoms with Crippen LogP contribution < -0.4 is 0 Å². The lowest BCUT2D eigenvalue weighted by atomic mass is 10.0. The summed E-state index contributed by atoms with van der Waals surface area (Å²) in [4.78, 5) is 10.4. The Labute approximate surface area is 194 Å². The largest absolute Gasteiger partial charge is 0.481 e. The maximum absolute atomic E-state index is 10.4. The third kappa shape index (κ3) is 27.1. The van der Waals surface area contributed by atoms with Crippen molar-refractivity contribution in [1.29, 1.82) is 0 Å². The number of carboxylic acids is 1. The summed E-state index contributed by atoms with van der Waals surface area (Å²) in [6.45, 7) is 2.06. The molecular formula is C28H54O3. The molecule has 31 heavy (non-hydrogen) atoms. The minimum atomic E-state index is -0.689. The van der Waals surface area contributed by atoms with Crippen LogP contribution in [0, 0.1) is 0 Å². The van der Waals surface area contributed by atoms with E-state index in [0.29, 0.717) is 0 Å². The SMILES string of the molecule is CC[C@H](O)CCCCCCCCCCCCCCCCCCC/C=C/CCCC(=O)O. The lowest BCUT2D eigenvalue weighted by molar-refractivity contribution is -0.137. The molecule has 0 aliphatic rings. The molecule has 0 spiro atoms. The molecule has 0 saturated carbocycles. The average molecular weight is 439 g/mol. The molecule has 0 heterocycles. The highest BCUT2D eigenvalue weighted by molar-refractivity contribution is 5.66. The van der Waals surface area contributed by atoms with Gasteiger partial charge in [-0.1, -0.05) is 122 Å². The van der Waals surface area contributed by atoms with Gasteiger partial charge in [-0.3, -0.25) is 4.79 Å². The maximum atomic E-state index is 10.4. The van der Waals surface area contributed by atoms with E-state index in [1.165, 1.54) is 109 Å². The monoisotopic (exact) mass is 438 g/mol. The van der Waals surface area contributed by atoms with Gasteiger partial charge >= 0.3 is 5.97 Å². The Hall–Kier alpha value is -0.830. The van der Waals surface area contributed by atoms with Gasteiger partial charge in [0.05, 0.1) is 6.10 Å². The fourth-order valence-corrected chi connectivity index (χ4v) is 4.10. The second-order valence-electron chi connectivity index (χ2n) is 9.41. The van der Waals surface area contributed by atoms with Crippen LogP contribution in [-0.4, -0.2) is 22.3 Å². The average Bonchev–Trinajstić information content (AvgIpc) is 2.76. The van der Waals surface area contributed by atoms with E-state index >= 15 is 0 Å². The number of hydrogen-bond acceptors (Lipinski definition) is 2. The third-order valence-corrected chi connectivity index (χ3v) is 6.31. The maximum Gasteiger partial charge on any atom is 0.303 e. The number of hydrogen-bond donors (Lipinski definition) is 2. The Bertz CT molecular complexity index is 392. The molecule has 184 valence electrons. The Morgan fingerprint density at radius 1 is 0.613 bits per heavy atom. The zero-order valence-electron chi connectivity index (χ0n) is 20.8. The first kappa shape index (κ1) is 30.2. The van der Waals surface area contributed by atoms with Crippen molar-refractivity contribution in [2.24, 2.45) is 0 Å². The van der Waals surface area contributed by atoms with Crippen LogP contribution in [0.15, 0.2) is 12.2 Å². The number of carbonyl (C=O) groups is 1. The molecule has 0 aliphatic heterocycles. The third-order valence-electron chi connectivity index (χ3n) is 6.31. The number of aliphatic hydroxyl groups excluding tert-OH is 1. The lowest BCUT2D eigenvalue weighted by Crippen LogP contribution is -2.03. The van der Waals surface area contributed by atoms with Crippen LogP contribution in [0.5, 0.6) is 0 Å². The van der Waals surface area contributed by atoms with E-state index in [2.05, 4.69) is 19.1 Å². The van der Waals surface area contributed by atoms with Crippen molar-refractivity contribution in [3.63, 3.8) is 0 Å². The van der Waals surface area contributed by atoms with Gasteiger partial charge in [-0.25, -0.2) is 0 Å². The van der Waals surface area contributed by atoms with Crippen LogP contribution in [0.2, 0.25) is 0 Å². The van der Waals surface area contributed by atoms with Gasteiger partial charge in [0.2, 0.25) is 0 Å². The zero-order chi connectivity index (χ0) is 22.8. The van der Waals surface area contributed by atoms with Gasteiger partial charge in [0.15, 0.2) is 0 Å². The van der Waals surface area contributed by atoms with Crippen LogP contribution in [-0.2, 0) is 4.79 Å². The van der Waals surface area contributed by atoms with Crippen LogP contribution >= 0.6 is 0 Å². The Kier molecular flexibility index (Phi) is 24.7. The van der Waals surface area contributed by atoms with Gasteiger partial charge in [0, 0.05) is 6.42 Å². The Morgan fingerprint density at radius 3 is 1.35 bits per heavy atom. The molecule has 3 heteroatoms. The summed E-state index contributed by atoms with van der Waals surface area (Å²) in [5.74, 6) is -0.689. The molecule has 2 N–H and O–H groups in total. The summed E-state index contributed by atoms with van der Waals surface area (Å²) in [5, 5.41) is 18.1. The molecular weight excluding hydrogens is 384 g/mol. The van der Waals surface area contributed by atoms with E-state index < -0.39 is 5.97 Å². The van der Waals surface area contributed by atoms with Gasteiger partial charge in [-0.05, 0) is 38.5 Å². The minimum absolute atomic E-state index is 0.0669. The number of aliphatic carboxylic acids is 1. The van der Waals surface area contributed by atoms with Crippen molar-refractivity contribution in [1.82, 2.24) is 0 Å². The smallest absolute Gasteiger partial charge is 0.303 e. The minimum Gasteiger partial charge on any atom is -0.481 e. The fraction of sp³-hybridized carbons (Fsp3) is 0.893. The quantitative estimate of drug-likeness (QED) is 0.110. The zero-order valence-corrected chi connectivity index (χ0v) is 20.8. The predicted molar refractivity (Wildman–Crippen MR) is 135 cm³/mol. The number of carboxylic acid groups (broad SMARTS) is 1. The number of allylic oxidation sites excluding steroid dienone is 2. The summed E-state index contributed by atoms with van der Waals surface area (Å²) in [5.41, 5.74) is 0. The Morgan fingerprint density at radius 2 is 0.968 bits per heavy atom. The molecule has 0 bridgehead atoms. The molecule has 0 radical (unpaired) electrons. The van der Waals surface area contributed by atoms with E-state index in [1.54, 1.807) is 0 Å². The van der Waals surface area contributed by atoms with E-state index in [0.717, 1.165) is 32.1 Å². The standard InChI is InChI=1S/C28H54O3/c1-2-27(29)25-23-21-19-17-15-13-11-9-7-5-3-4-6-8-10-12-14-16-18-20-22-24-26-28(30)31/h18,20,27,29H,2-17,19,21-26H2,1H3,(H,30,31)/b20-18+/t27-/m0/s1. The van der Waals surface area contributed by atoms with Crippen molar-refractivity contribution >= 4 is 5.97 Å². The topological polar surface area (TPSA) is 57.5 Å².